The Kier molecular flexibility index (Phi) is 6.76. The van der Waals surface area contributed by atoms with E-state index in [0.717, 1.165) is 49.6 Å². The summed E-state index contributed by atoms with van der Waals surface area (Å²) in [6.07, 6.45) is 8.06. The normalized spacial score (nSPS) is 14.0. The van der Waals surface area contributed by atoms with Crippen LogP contribution in [0.15, 0.2) is 67.8 Å². The van der Waals surface area contributed by atoms with E-state index in [4.69, 9.17) is 4.98 Å². The second-order valence-electron chi connectivity index (χ2n) is 8.37. The number of hydrogen-bond donors (Lipinski definition) is 2. The molecule has 1 aliphatic rings. The summed E-state index contributed by atoms with van der Waals surface area (Å²) >= 11 is 0. The number of piperazine rings is 1. The summed E-state index contributed by atoms with van der Waals surface area (Å²) < 4.78 is 0. The predicted molar refractivity (Wildman–Crippen MR) is 141 cm³/mol. The van der Waals surface area contributed by atoms with E-state index < -0.39 is 0 Å². The molecule has 182 valence electrons. The van der Waals surface area contributed by atoms with Gasteiger partial charge < -0.3 is 20.4 Å². The van der Waals surface area contributed by atoms with Crippen LogP contribution in [-0.4, -0.2) is 68.5 Å². The Balaban J connectivity index is 1.37. The average Bonchev–Trinajstić information content (AvgIpc) is 2.93. The number of rotatable bonds is 7. The van der Waals surface area contributed by atoms with Crippen molar-refractivity contribution in [2.75, 3.05) is 48.3 Å². The number of pyridine rings is 3. The van der Waals surface area contributed by atoms with Crippen LogP contribution in [0.5, 0.6) is 0 Å². The van der Waals surface area contributed by atoms with E-state index in [1.165, 1.54) is 6.08 Å². The number of aromatic nitrogens is 5. The van der Waals surface area contributed by atoms with Crippen LogP contribution in [0.4, 0.5) is 23.1 Å². The first kappa shape index (κ1) is 23.3. The molecule has 0 spiro atoms. The van der Waals surface area contributed by atoms with Gasteiger partial charge in [0.05, 0.1) is 17.6 Å². The van der Waals surface area contributed by atoms with E-state index in [1.807, 2.05) is 18.2 Å². The van der Waals surface area contributed by atoms with Gasteiger partial charge in [-0.3, -0.25) is 14.8 Å². The zero-order valence-corrected chi connectivity index (χ0v) is 20.1. The van der Waals surface area contributed by atoms with Crippen LogP contribution in [0, 0.1) is 0 Å². The molecule has 1 fully saturated rings. The molecule has 10 nitrogen and oxygen atoms in total. The summed E-state index contributed by atoms with van der Waals surface area (Å²) in [6, 6.07) is 9.31. The maximum absolute atomic E-state index is 11.7. The van der Waals surface area contributed by atoms with E-state index in [-0.39, 0.29) is 5.91 Å². The molecule has 5 heterocycles. The Labute approximate surface area is 209 Å². The Morgan fingerprint density at radius 2 is 1.83 bits per heavy atom. The smallest absolute Gasteiger partial charge is 0.247 e. The van der Waals surface area contributed by atoms with E-state index in [1.54, 1.807) is 36.9 Å². The molecule has 2 N–H and O–H groups in total. The topological polar surface area (TPSA) is 112 Å². The molecule has 4 aromatic heterocycles. The second-order valence-corrected chi connectivity index (χ2v) is 8.37. The lowest BCUT2D eigenvalue weighted by Gasteiger charge is -2.34. The number of hydrogen-bond acceptors (Lipinski definition) is 9. The first-order valence-corrected chi connectivity index (χ1v) is 11.8. The summed E-state index contributed by atoms with van der Waals surface area (Å²) in [5, 5.41) is 6.81. The molecular weight excluding hydrogens is 454 g/mol. The third-order valence-corrected chi connectivity index (χ3v) is 6.10. The Morgan fingerprint density at radius 3 is 2.58 bits per heavy atom. The lowest BCUT2D eigenvalue weighted by molar-refractivity contribution is -0.111. The molecule has 0 radical (unpaired) electrons. The molecule has 0 saturated carbocycles. The summed E-state index contributed by atoms with van der Waals surface area (Å²) in [4.78, 5) is 39.2. The molecular formula is C26H27N9O. The summed E-state index contributed by atoms with van der Waals surface area (Å²) in [5.74, 6) is 1.10. The standard InChI is InChI=1S/C26H27N9O/c1-3-23(36)31-19-8-10-27-21(15-19)25-24-18(7-9-28-25)16-30-26(33-24)32-20-5-6-22(29-17-20)35-13-11-34(4-2)12-14-35/h3,5-10,15-17H,1,4,11-14H2,2H3,(H,27,31,36)(H,30,32,33). The fourth-order valence-corrected chi connectivity index (χ4v) is 4.10. The molecule has 1 saturated heterocycles. The van der Waals surface area contributed by atoms with Crippen LogP contribution >= 0.6 is 0 Å². The quantitative estimate of drug-likeness (QED) is 0.383. The van der Waals surface area contributed by atoms with Crippen molar-refractivity contribution in [3.05, 3.63) is 67.8 Å². The van der Waals surface area contributed by atoms with Gasteiger partial charge in [0.1, 0.15) is 17.0 Å². The van der Waals surface area contributed by atoms with Crippen molar-refractivity contribution in [1.29, 1.82) is 0 Å². The number of likely N-dealkylation sites (N-methyl/N-ethyl adjacent to an activating group) is 1. The summed E-state index contributed by atoms with van der Waals surface area (Å²) in [6.45, 7) is 10.8. The molecule has 0 aromatic carbocycles. The monoisotopic (exact) mass is 481 g/mol. The zero-order chi connectivity index (χ0) is 24.9. The zero-order valence-electron chi connectivity index (χ0n) is 20.1. The van der Waals surface area contributed by atoms with Crippen molar-refractivity contribution in [1.82, 2.24) is 29.8 Å². The highest BCUT2D eigenvalue weighted by molar-refractivity contribution is 5.99. The summed E-state index contributed by atoms with van der Waals surface area (Å²) in [5.41, 5.74) is 3.21. The molecule has 0 unspecified atom stereocenters. The Morgan fingerprint density at radius 1 is 1.00 bits per heavy atom. The van der Waals surface area contributed by atoms with Gasteiger partial charge in [0.25, 0.3) is 0 Å². The van der Waals surface area contributed by atoms with E-state index >= 15 is 0 Å². The molecule has 0 aliphatic carbocycles. The van der Waals surface area contributed by atoms with Crippen LogP contribution in [0.3, 0.4) is 0 Å². The Hall–Kier alpha value is -4.44. The van der Waals surface area contributed by atoms with Crippen molar-refractivity contribution in [2.24, 2.45) is 0 Å². The van der Waals surface area contributed by atoms with Gasteiger partial charge in [-0.25, -0.2) is 15.0 Å². The number of anilines is 4. The van der Waals surface area contributed by atoms with Gasteiger partial charge in [-0.2, -0.15) is 0 Å². The molecule has 36 heavy (non-hydrogen) atoms. The van der Waals surface area contributed by atoms with Gasteiger partial charge in [-0.15, -0.1) is 0 Å². The number of nitrogens with one attached hydrogen (secondary N) is 2. The van der Waals surface area contributed by atoms with Crippen molar-refractivity contribution in [2.45, 2.75) is 6.92 Å². The van der Waals surface area contributed by atoms with Crippen LogP contribution in [0.2, 0.25) is 0 Å². The van der Waals surface area contributed by atoms with Gasteiger partial charge in [-0.05, 0) is 43.0 Å². The van der Waals surface area contributed by atoms with Crippen LogP contribution in [0.25, 0.3) is 22.3 Å². The number of carbonyl (C=O) groups excluding carboxylic acids is 1. The highest BCUT2D eigenvalue weighted by Crippen LogP contribution is 2.26. The van der Waals surface area contributed by atoms with E-state index in [0.29, 0.717) is 28.5 Å². The number of nitrogens with zero attached hydrogens (tertiary/aromatic N) is 7. The first-order chi connectivity index (χ1) is 17.6. The Bertz CT molecular complexity index is 1380. The lowest BCUT2D eigenvalue weighted by atomic mass is 10.1. The molecule has 0 atom stereocenters. The maximum Gasteiger partial charge on any atom is 0.247 e. The van der Waals surface area contributed by atoms with Gasteiger partial charge in [0.2, 0.25) is 11.9 Å². The number of carbonyl (C=O) groups is 1. The fourth-order valence-electron chi connectivity index (χ4n) is 4.10. The maximum atomic E-state index is 11.7. The molecule has 1 aliphatic heterocycles. The SMILES string of the molecule is C=CC(=O)Nc1ccnc(-c2nccc3cnc(Nc4ccc(N5CCN(CC)CC5)nc4)nc23)c1. The minimum absolute atomic E-state index is 0.297. The fraction of sp³-hybridized carbons (Fsp3) is 0.231. The third-order valence-electron chi connectivity index (χ3n) is 6.10. The van der Waals surface area contributed by atoms with Crippen molar-refractivity contribution in [3.63, 3.8) is 0 Å². The van der Waals surface area contributed by atoms with Crippen molar-refractivity contribution >= 4 is 40.0 Å². The highest BCUT2D eigenvalue weighted by Gasteiger charge is 2.17. The molecule has 10 heteroatoms. The molecule has 0 bridgehead atoms. The lowest BCUT2D eigenvalue weighted by Crippen LogP contribution is -2.46. The summed E-state index contributed by atoms with van der Waals surface area (Å²) in [7, 11) is 0. The van der Waals surface area contributed by atoms with E-state index in [2.05, 4.69) is 53.9 Å². The van der Waals surface area contributed by atoms with Gasteiger partial charge in [0, 0.05) is 55.8 Å². The minimum atomic E-state index is -0.297. The molecule has 4 aromatic rings. The average molecular weight is 482 g/mol. The first-order valence-electron chi connectivity index (χ1n) is 11.8. The second kappa shape index (κ2) is 10.4. The van der Waals surface area contributed by atoms with Crippen LogP contribution < -0.4 is 15.5 Å². The number of fused-ring (bicyclic) bond motifs is 1. The van der Waals surface area contributed by atoms with Crippen molar-refractivity contribution in [3.8, 4) is 11.4 Å². The molecule has 1 amide bonds. The van der Waals surface area contributed by atoms with Crippen molar-refractivity contribution < 1.29 is 4.79 Å². The third kappa shape index (κ3) is 5.13. The van der Waals surface area contributed by atoms with Gasteiger partial charge >= 0.3 is 0 Å². The van der Waals surface area contributed by atoms with Gasteiger partial charge in [0.15, 0.2) is 0 Å². The van der Waals surface area contributed by atoms with Crippen LogP contribution in [0.1, 0.15) is 6.92 Å². The van der Waals surface area contributed by atoms with Gasteiger partial charge in [-0.1, -0.05) is 13.5 Å². The number of amides is 1. The largest absolute Gasteiger partial charge is 0.354 e. The minimum Gasteiger partial charge on any atom is -0.354 e. The van der Waals surface area contributed by atoms with E-state index in [9.17, 15) is 4.79 Å². The predicted octanol–water partition coefficient (Wildman–Crippen LogP) is 3.49. The van der Waals surface area contributed by atoms with Crippen LogP contribution in [-0.2, 0) is 4.79 Å². The highest BCUT2D eigenvalue weighted by atomic mass is 16.1. The molecule has 5 rings (SSSR count).